The number of nitrogens with zero attached hydrogens (tertiary/aromatic N) is 2. The zero-order valence-corrected chi connectivity index (χ0v) is 13.6. The highest BCUT2D eigenvalue weighted by atomic mass is 79.9. The summed E-state index contributed by atoms with van der Waals surface area (Å²) in [7, 11) is 0. The Morgan fingerprint density at radius 3 is 2.91 bits per heavy atom. The fraction of sp³-hybridized carbons (Fsp3) is 0.0667. The van der Waals surface area contributed by atoms with Crippen molar-refractivity contribution < 1.29 is 9.47 Å². The summed E-state index contributed by atoms with van der Waals surface area (Å²) in [6, 6.07) is 11.7. The van der Waals surface area contributed by atoms with E-state index in [0.29, 0.717) is 0 Å². The van der Waals surface area contributed by atoms with Gasteiger partial charge in [0.25, 0.3) is 0 Å². The summed E-state index contributed by atoms with van der Waals surface area (Å²) in [5.41, 5.74) is 4.83. The lowest BCUT2D eigenvalue weighted by atomic mass is 10.2. The van der Waals surface area contributed by atoms with Gasteiger partial charge in [0.15, 0.2) is 11.5 Å². The Hall–Kier alpha value is -2.12. The third-order valence-corrected chi connectivity index (χ3v) is 4.78. The van der Waals surface area contributed by atoms with Gasteiger partial charge in [0.05, 0.1) is 16.4 Å². The van der Waals surface area contributed by atoms with Gasteiger partial charge < -0.3 is 9.47 Å². The van der Waals surface area contributed by atoms with E-state index in [2.05, 4.69) is 31.4 Å². The predicted octanol–water partition coefficient (Wildman–Crippen LogP) is 4.23. The average molecular weight is 376 g/mol. The molecule has 5 nitrogen and oxygen atoms in total. The van der Waals surface area contributed by atoms with Gasteiger partial charge in [-0.15, -0.1) is 0 Å². The van der Waals surface area contributed by atoms with Crippen LogP contribution >= 0.6 is 27.3 Å². The van der Waals surface area contributed by atoms with Crippen molar-refractivity contribution in [2.75, 3.05) is 12.2 Å². The SMILES string of the molecule is Brc1cc2c(cc1/C=N/Nc1nc3ccccc3s1)OCO2. The number of anilines is 1. The number of hydrogen-bond acceptors (Lipinski definition) is 6. The summed E-state index contributed by atoms with van der Waals surface area (Å²) in [6.07, 6.45) is 1.72. The minimum atomic E-state index is 0.256. The van der Waals surface area contributed by atoms with E-state index in [1.165, 1.54) is 0 Å². The van der Waals surface area contributed by atoms with Crippen LogP contribution in [0.2, 0.25) is 0 Å². The molecule has 7 heteroatoms. The first kappa shape index (κ1) is 13.5. The molecule has 0 fully saturated rings. The second-order valence-electron chi connectivity index (χ2n) is 4.58. The summed E-state index contributed by atoms with van der Waals surface area (Å²) in [5.74, 6) is 1.47. The monoisotopic (exact) mass is 375 g/mol. The smallest absolute Gasteiger partial charge is 0.231 e. The molecule has 0 aliphatic carbocycles. The van der Waals surface area contributed by atoms with Crippen LogP contribution in [-0.2, 0) is 0 Å². The van der Waals surface area contributed by atoms with Crippen LogP contribution in [-0.4, -0.2) is 18.0 Å². The van der Waals surface area contributed by atoms with Crippen molar-refractivity contribution in [3.05, 3.63) is 46.4 Å². The first-order valence-corrected chi connectivity index (χ1v) is 8.14. The maximum Gasteiger partial charge on any atom is 0.231 e. The molecule has 0 radical (unpaired) electrons. The summed E-state index contributed by atoms with van der Waals surface area (Å²) in [5, 5.41) is 5.00. The van der Waals surface area contributed by atoms with Crippen molar-refractivity contribution in [1.29, 1.82) is 0 Å². The molecule has 3 aromatic rings. The number of hydrazone groups is 1. The number of para-hydroxylation sites is 1. The van der Waals surface area contributed by atoms with Crippen molar-refractivity contribution in [2.24, 2.45) is 5.10 Å². The zero-order valence-electron chi connectivity index (χ0n) is 11.2. The van der Waals surface area contributed by atoms with Crippen LogP contribution < -0.4 is 14.9 Å². The van der Waals surface area contributed by atoms with Crippen LogP contribution in [0.25, 0.3) is 10.2 Å². The Morgan fingerprint density at radius 2 is 2.05 bits per heavy atom. The van der Waals surface area contributed by atoms with Gasteiger partial charge in [-0.3, -0.25) is 5.43 Å². The van der Waals surface area contributed by atoms with E-state index in [0.717, 1.165) is 36.9 Å². The van der Waals surface area contributed by atoms with Gasteiger partial charge in [0.2, 0.25) is 11.9 Å². The molecule has 0 bridgehead atoms. The maximum absolute atomic E-state index is 5.36. The van der Waals surface area contributed by atoms with Crippen LogP contribution in [0.3, 0.4) is 0 Å². The number of nitrogens with one attached hydrogen (secondary N) is 1. The van der Waals surface area contributed by atoms with E-state index in [1.54, 1.807) is 17.6 Å². The van der Waals surface area contributed by atoms with Crippen molar-refractivity contribution in [2.45, 2.75) is 0 Å². The predicted molar refractivity (Wildman–Crippen MR) is 91.1 cm³/mol. The number of aromatic nitrogens is 1. The highest BCUT2D eigenvalue weighted by Crippen LogP contribution is 2.36. The van der Waals surface area contributed by atoms with Crippen molar-refractivity contribution in [1.82, 2.24) is 4.98 Å². The largest absolute Gasteiger partial charge is 0.454 e. The number of fused-ring (bicyclic) bond motifs is 2. The van der Waals surface area contributed by atoms with Crippen LogP contribution in [0, 0.1) is 0 Å². The van der Waals surface area contributed by atoms with E-state index in [9.17, 15) is 0 Å². The van der Waals surface area contributed by atoms with Crippen LogP contribution in [0.1, 0.15) is 5.56 Å². The number of benzene rings is 2. The molecule has 0 spiro atoms. The molecule has 0 amide bonds. The Balaban J connectivity index is 1.54. The summed E-state index contributed by atoms with van der Waals surface area (Å²) in [6.45, 7) is 0.256. The molecule has 0 saturated carbocycles. The molecule has 22 heavy (non-hydrogen) atoms. The average Bonchev–Trinajstić information content (AvgIpc) is 3.12. The van der Waals surface area contributed by atoms with Crippen molar-refractivity contribution in [3.63, 3.8) is 0 Å². The Kier molecular flexibility index (Phi) is 3.44. The van der Waals surface area contributed by atoms with Crippen LogP contribution in [0.4, 0.5) is 5.13 Å². The van der Waals surface area contributed by atoms with Crippen molar-refractivity contribution in [3.8, 4) is 11.5 Å². The van der Waals surface area contributed by atoms with E-state index < -0.39 is 0 Å². The molecule has 2 aromatic carbocycles. The molecular weight excluding hydrogens is 366 g/mol. The van der Waals surface area contributed by atoms with Gasteiger partial charge in [-0.2, -0.15) is 5.10 Å². The van der Waals surface area contributed by atoms with Gasteiger partial charge >= 0.3 is 0 Å². The quantitative estimate of drug-likeness (QED) is 0.549. The maximum atomic E-state index is 5.36. The number of ether oxygens (including phenoxy) is 2. The molecule has 1 aromatic heterocycles. The van der Waals surface area contributed by atoms with E-state index >= 15 is 0 Å². The van der Waals surface area contributed by atoms with E-state index in [-0.39, 0.29) is 6.79 Å². The normalized spacial score (nSPS) is 13.1. The first-order valence-electron chi connectivity index (χ1n) is 6.53. The summed E-state index contributed by atoms with van der Waals surface area (Å²) < 4.78 is 12.7. The van der Waals surface area contributed by atoms with Gasteiger partial charge in [-0.1, -0.05) is 23.5 Å². The number of halogens is 1. The van der Waals surface area contributed by atoms with Gasteiger partial charge in [0.1, 0.15) is 0 Å². The summed E-state index contributed by atoms with van der Waals surface area (Å²) >= 11 is 5.06. The molecule has 0 unspecified atom stereocenters. The fourth-order valence-corrected chi connectivity index (χ4v) is 3.35. The van der Waals surface area contributed by atoms with Crippen LogP contribution in [0.5, 0.6) is 11.5 Å². The highest BCUT2D eigenvalue weighted by molar-refractivity contribution is 9.10. The molecule has 2 heterocycles. The van der Waals surface area contributed by atoms with E-state index in [4.69, 9.17) is 9.47 Å². The second kappa shape index (κ2) is 5.58. The molecule has 4 rings (SSSR count). The number of thiazole rings is 1. The Labute approximate surface area is 138 Å². The molecular formula is C15H10BrN3O2S. The lowest BCUT2D eigenvalue weighted by molar-refractivity contribution is 0.174. The topological polar surface area (TPSA) is 55.7 Å². The molecule has 1 N–H and O–H groups in total. The minimum Gasteiger partial charge on any atom is -0.454 e. The van der Waals surface area contributed by atoms with Gasteiger partial charge in [-0.05, 0) is 40.2 Å². The summed E-state index contributed by atoms with van der Waals surface area (Å²) in [4.78, 5) is 4.46. The Bertz CT molecular complexity index is 845. The molecule has 0 saturated heterocycles. The zero-order chi connectivity index (χ0) is 14.9. The molecule has 0 atom stereocenters. The number of hydrogen-bond donors (Lipinski definition) is 1. The second-order valence-corrected chi connectivity index (χ2v) is 6.47. The third kappa shape index (κ3) is 2.53. The van der Waals surface area contributed by atoms with Crippen molar-refractivity contribution >= 4 is 48.8 Å². The van der Waals surface area contributed by atoms with E-state index in [1.807, 2.05) is 36.4 Å². The van der Waals surface area contributed by atoms with Gasteiger partial charge in [-0.25, -0.2) is 4.98 Å². The molecule has 1 aliphatic heterocycles. The first-order chi connectivity index (χ1) is 10.8. The molecule has 110 valence electrons. The lowest BCUT2D eigenvalue weighted by Crippen LogP contribution is -1.93. The fourth-order valence-electron chi connectivity index (χ4n) is 2.11. The van der Waals surface area contributed by atoms with Gasteiger partial charge in [0, 0.05) is 10.0 Å². The third-order valence-electron chi connectivity index (χ3n) is 3.15. The Morgan fingerprint density at radius 1 is 1.23 bits per heavy atom. The highest BCUT2D eigenvalue weighted by Gasteiger charge is 2.15. The van der Waals surface area contributed by atoms with Crippen LogP contribution in [0.15, 0.2) is 46.0 Å². The molecule has 1 aliphatic rings. The standard InChI is InChI=1S/C15H10BrN3O2S/c16-10-6-13-12(20-8-21-13)5-9(10)7-17-19-15-18-11-3-1-2-4-14(11)22-15/h1-7H,8H2,(H,18,19)/b17-7+. The minimum absolute atomic E-state index is 0.256. The number of rotatable bonds is 3. The lowest BCUT2D eigenvalue weighted by Gasteiger charge is -2.01.